The van der Waals surface area contributed by atoms with Crippen molar-refractivity contribution >= 4 is 0 Å². The van der Waals surface area contributed by atoms with Gasteiger partial charge in [-0.25, -0.2) is 0 Å². The molecule has 0 amide bonds. The first kappa shape index (κ1) is 24.3. The van der Waals surface area contributed by atoms with Gasteiger partial charge in [0.2, 0.25) is 0 Å². The maximum atomic E-state index is 11.0. The number of aliphatic hydroxyl groups is 7. The summed E-state index contributed by atoms with van der Waals surface area (Å²) in [5, 5.41) is 71.8. The minimum atomic E-state index is -1.52. The largest absolute Gasteiger partial charge is 0.394 e. The van der Waals surface area contributed by atoms with Gasteiger partial charge in [0.1, 0.15) is 24.4 Å². The van der Waals surface area contributed by atoms with Gasteiger partial charge >= 0.3 is 0 Å². The van der Waals surface area contributed by atoms with Gasteiger partial charge in [0, 0.05) is 6.42 Å². The minimum absolute atomic E-state index is 0.0908. The zero-order valence-corrected chi connectivity index (χ0v) is 18.2. The highest BCUT2D eigenvalue weighted by Crippen LogP contribution is 2.57. The molecule has 9 heteroatoms. The molecule has 3 aliphatic rings. The first-order valence-electron chi connectivity index (χ1n) is 10.8. The van der Waals surface area contributed by atoms with Gasteiger partial charge in [-0.2, -0.15) is 0 Å². The summed E-state index contributed by atoms with van der Waals surface area (Å²) in [6, 6.07) is 0. The third-order valence-electron chi connectivity index (χ3n) is 8.19. The highest BCUT2D eigenvalue weighted by atomic mass is 16.7. The number of ether oxygens (including phenoxy) is 2. The number of hydrogen-bond donors (Lipinski definition) is 7. The van der Waals surface area contributed by atoms with Crippen LogP contribution < -0.4 is 0 Å². The second kappa shape index (κ2) is 8.20. The second-order valence-corrected chi connectivity index (χ2v) is 10.4. The average Bonchev–Trinajstić information content (AvgIpc) is 2.67. The SMILES string of the molecule is CC(C)(O[C@@H]1O[C@H](CO)[C@@H](O)[C@H](O)[C@H]1O)[C@@H]1CC[C@@]2(C)[C@H](C1)[C@@](C)(O)[C@H](O)C[C@@H]2O. The fourth-order valence-corrected chi connectivity index (χ4v) is 5.78. The van der Waals surface area contributed by atoms with E-state index in [1.807, 2.05) is 20.8 Å². The van der Waals surface area contributed by atoms with E-state index < -0.39 is 66.1 Å². The number of aliphatic hydroxyl groups excluding tert-OH is 6. The summed E-state index contributed by atoms with van der Waals surface area (Å²) in [6.45, 7) is 6.68. The molecule has 3 rings (SSSR count). The van der Waals surface area contributed by atoms with Gasteiger partial charge in [-0.15, -0.1) is 0 Å². The highest BCUT2D eigenvalue weighted by Gasteiger charge is 2.60. The number of rotatable bonds is 4. The molecule has 176 valence electrons. The van der Waals surface area contributed by atoms with Crippen LogP contribution in [-0.4, -0.2) is 96.5 Å². The zero-order valence-electron chi connectivity index (χ0n) is 18.2. The average molecular weight is 435 g/mol. The summed E-state index contributed by atoms with van der Waals surface area (Å²) in [5.74, 6) is -0.452. The van der Waals surface area contributed by atoms with Crippen molar-refractivity contribution in [2.24, 2.45) is 17.3 Å². The van der Waals surface area contributed by atoms with Gasteiger partial charge in [0.05, 0.1) is 30.0 Å². The Morgan fingerprint density at radius 1 is 0.967 bits per heavy atom. The summed E-state index contributed by atoms with van der Waals surface area (Å²) < 4.78 is 11.6. The van der Waals surface area contributed by atoms with Gasteiger partial charge < -0.3 is 45.2 Å². The van der Waals surface area contributed by atoms with E-state index in [1.165, 1.54) is 0 Å². The Morgan fingerprint density at radius 2 is 1.60 bits per heavy atom. The first-order chi connectivity index (χ1) is 13.8. The molecule has 1 heterocycles. The Labute approximate surface area is 177 Å². The molecule has 0 bridgehead atoms. The second-order valence-electron chi connectivity index (χ2n) is 10.4. The third kappa shape index (κ3) is 3.93. The molecule has 0 radical (unpaired) electrons. The van der Waals surface area contributed by atoms with Crippen LogP contribution in [0.5, 0.6) is 0 Å². The lowest BCUT2D eigenvalue weighted by Gasteiger charge is -2.59. The smallest absolute Gasteiger partial charge is 0.187 e. The molecule has 2 saturated carbocycles. The van der Waals surface area contributed by atoms with Crippen molar-refractivity contribution in [3.8, 4) is 0 Å². The number of fused-ring (bicyclic) bond motifs is 1. The number of hydrogen-bond acceptors (Lipinski definition) is 9. The van der Waals surface area contributed by atoms with Crippen LogP contribution in [0.15, 0.2) is 0 Å². The molecule has 2 aliphatic carbocycles. The molecule has 1 aliphatic heterocycles. The summed E-state index contributed by atoms with van der Waals surface area (Å²) in [5.41, 5.74) is -2.73. The van der Waals surface area contributed by atoms with Crippen molar-refractivity contribution in [1.82, 2.24) is 0 Å². The summed E-state index contributed by atoms with van der Waals surface area (Å²) in [6.07, 6.45) is -6.55. The third-order valence-corrected chi connectivity index (χ3v) is 8.19. The van der Waals surface area contributed by atoms with Crippen LogP contribution in [0.25, 0.3) is 0 Å². The summed E-state index contributed by atoms with van der Waals surface area (Å²) in [4.78, 5) is 0. The molecule has 0 aromatic carbocycles. The van der Waals surface area contributed by atoms with Crippen LogP contribution in [-0.2, 0) is 9.47 Å². The van der Waals surface area contributed by atoms with Crippen molar-refractivity contribution in [3.63, 3.8) is 0 Å². The lowest BCUT2D eigenvalue weighted by Crippen LogP contribution is -2.65. The Bertz CT molecular complexity index is 609. The van der Waals surface area contributed by atoms with Gasteiger partial charge in [-0.3, -0.25) is 0 Å². The van der Waals surface area contributed by atoms with Gasteiger partial charge in [-0.05, 0) is 57.3 Å². The van der Waals surface area contributed by atoms with Gasteiger partial charge in [-0.1, -0.05) is 6.92 Å². The molecule has 11 atom stereocenters. The van der Waals surface area contributed by atoms with Crippen LogP contribution in [0.4, 0.5) is 0 Å². The molecule has 0 unspecified atom stereocenters. The van der Waals surface area contributed by atoms with Crippen molar-refractivity contribution in [2.45, 2.75) is 107 Å². The first-order valence-corrected chi connectivity index (χ1v) is 10.8. The van der Waals surface area contributed by atoms with E-state index in [9.17, 15) is 35.7 Å². The zero-order chi connectivity index (χ0) is 22.6. The Balaban J connectivity index is 1.77. The summed E-state index contributed by atoms with van der Waals surface area (Å²) >= 11 is 0. The summed E-state index contributed by atoms with van der Waals surface area (Å²) in [7, 11) is 0. The van der Waals surface area contributed by atoms with Gasteiger partial charge in [0.15, 0.2) is 6.29 Å². The molecule has 0 spiro atoms. The topological polar surface area (TPSA) is 160 Å². The molecule has 3 fully saturated rings. The Morgan fingerprint density at radius 3 is 2.20 bits per heavy atom. The Hall–Kier alpha value is -0.360. The molecule has 0 aromatic rings. The predicted octanol–water partition coefficient (Wildman–Crippen LogP) is -1.12. The van der Waals surface area contributed by atoms with E-state index >= 15 is 0 Å². The quantitative estimate of drug-likeness (QED) is 0.291. The fraction of sp³-hybridized carbons (Fsp3) is 1.00. The maximum absolute atomic E-state index is 11.0. The van der Waals surface area contributed by atoms with Crippen molar-refractivity contribution < 1.29 is 45.2 Å². The van der Waals surface area contributed by atoms with E-state index in [4.69, 9.17) is 9.47 Å². The molecule has 30 heavy (non-hydrogen) atoms. The highest BCUT2D eigenvalue weighted by molar-refractivity contribution is 5.10. The molecule has 1 saturated heterocycles. The molecule has 0 aromatic heterocycles. The lowest BCUT2D eigenvalue weighted by atomic mass is 9.50. The van der Waals surface area contributed by atoms with E-state index in [0.29, 0.717) is 19.3 Å². The van der Waals surface area contributed by atoms with Crippen molar-refractivity contribution in [1.29, 1.82) is 0 Å². The fourth-order valence-electron chi connectivity index (χ4n) is 5.78. The van der Waals surface area contributed by atoms with Crippen molar-refractivity contribution in [2.75, 3.05) is 6.61 Å². The maximum Gasteiger partial charge on any atom is 0.187 e. The lowest BCUT2D eigenvalue weighted by molar-refractivity contribution is -0.332. The normalized spacial score (nSPS) is 52.7. The van der Waals surface area contributed by atoms with E-state index in [0.717, 1.165) is 0 Å². The standard InChI is InChI=1S/C21H38O9/c1-19(2,30-18-17(27)16(26)15(25)11(9-22)29-18)10-5-6-20(3)12(7-10)21(4,28)14(24)8-13(20)23/h10-18,22-28H,5-9H2,1-4H3/t10-,11-,12+,13+,14-,15-,16+,17-,18+,20+,21-/m1/s1. The van der Waals surface area contributed by atoms with Crippen LogP contribution in [0.3, 0.4) is 0 Å². The van der Waals surface area contributed by atoms with Crippen LogP contribution in [0.2, 0.25) is 0 Å². The molecular weight excluding hydrogens is 396 g/mol. The van der Waals surface area contributed by atoms with Crippen LogP contribution >= 0.6 is 0 Å². The van der Waals surface area contributed by atoms with Crippen LogP contribution in [0.1, 0.15) is 53.4 Å². The van der Waals surface area contributed by atoms with E-state index in [1.54, 1.807) is 6.92 Å². The van der Waals surface area contributed by atoms with Crippen LogP contribution in [0, 0.1) is 17.3 Å². The predicted molar refractivity (Wildman–Crippen MR) is 105 cm³/mol. The van der Waals surface area contributed by atoms with Crippen molar-refractivity contribution in [3.05, 3.63) is 0 Å². The molecular formula is C21H38O9. The monoisotopic (exact) mass is 434 g/mol. The van der Waals surface area contributed by atoms with Gasteiger partial charge in [0.25, 0.3) is 0 Å². The van der Waals surface area contributed by atoms with E-state index in [2.05, 4.69) is 0 Å². The Kier molecular flexibility index (Phi) is 6.64. The molecule has 9 nitrogen and oxygen atoms in total. The minimum Gasteiger partial charge on any atom is -0.394 e. The van der Waals surface area contributed by atoms with E-state index in [-0.39, 0.29) is 18.3 Å². The molecule has 7 N–H and O–H groups in total.